The van der Waals surface area contributed by atoms with Crippen molar-refractivity contribution in [3.8, 4) is 0 Å². The quantitative estimate of drug-likeness (QED) is 0.435. The van der Waals surface area contributed by atoms with Crippen molar-refractivity contribution in [1.29, 1.82) is 0 Å². The summed E-state index contributed by atoms with van der Waals surface area (Å²) in [6.45, 7) is 4.81. The van der Waals surface area contributed by atoms with Crippen LogP contribution < -0.4 is 15.9 Å². The first kappa shape index (κ1) is 22.0. The van der Waals surface area contributed by atoms with Crippen LogP contribution in [0.15, 0.2) is 41.5 Å². The molecule has 0 radical (unpaired) electrons. The van der Waals surface area contributed by atoms with E-state index in [2.05, 4.69) is 25.2 Å². The molecular weight excluding hydrogens is 444 g/mol. The van der Waals surface area contributed by atoms with Gasteiger partial charge in [-0.3, -0.25) is 14.1 Å². The minimum Gasteiger partial charge on any atom is -0.365 e. The van der Waals surface area contributed by atoms with Crippen LogP contribution in [0.2, 0.25) is 0 Å². The van der Waals surface area contributed by atoms with Crippen LogP contribution in [0.5, 0.6) is 0 Å². The van der Waals surface area contributed by atoms with Gasteiger partial charge in [0.05, 0.1) is 11.2 Å². The Balaban J connectivity index is 1.29. The van der Waals surface area contributed by atoms with Crippen molar-refractivity contribution in [2.24, 2.45) is 0 Å². The molecule has 4 heterocycles. The standard InChI is InChI=1S/C23H23F2N7O2/c1-2-26-22(33)16-5-6-17(20(25)28-16)31-11-9-30(10-12-31)13-14-3-4-15-19(18(14)24)29-23(34)32-8-7-27-21(15)32/h3-8H,2,9-13H2,1H3,(H,26,33)(H,29,34). The van der Waals surface area contributed by atoms with Crippen molar-refractivity contribution in [1.82, 2.24) is 29.6 Å². The van der Waals surface area contributed by atoms with E-state index in [1.807, 2.05) is 4.90 Å². The molecule has 0 bridgehead atoms. The molecule has 0 spiro atoms. The molecule has 2 N–H and O–H groups in total. The van der Waals surface area contributed by atoms with Gasteiger partial charge in [0.25, 0.3) is 5.91 Å². The SMILES string of the molecule is CCNC(=O)c1ccc(N2CCN(Cc3ccc4c([nH]c(=O)n5ccnc45)c3F)CC2)c(F)n1. The Morgan fingerprint density at radius 2 is 1.94 bits per heavy atom. The average molecular weight is 467 g/mol. The highest BCUT2D eigenvalue weighted by molar-refractivity contribution is 5.92. The molecule has 1 saturated heterocycles. The van der Waals surface area contributed by atoms with Crippen molar-refractivity contribution >= 4 is 28.1 Å². The number of nitrogens with zero attached hydrogens (tertiary/aromatic N) is 5. The predicted molar refractivity (Wildman–Crippen MR) is 123 cm³/mol. The number of fused-ring (bicyclic) bond motifs is 3. The van der Waals surface area contributed by atoms with Crippen molar-refractivity contribution in [3.63, 3.8) is 0 Å². The molecule has 1 aliphatic rings. The molecule has 34 heavy (non-hydrogen) atoms. The zero-order valence-electron chi connectivity index (χ0n) is 18.5. The summed E-state index contributed by atoms with van der Waals surface area (Å²) in [7, 11) is 0. The van der Waals surface area contributed by atoms with Gasteiger partial charge in [0.1, 0.15) is 11.3 Å². The number of imidazole rings is 1. The van der Waals surface area contributed by atoms with E-state index in [0.29, 0.717) is 61.6 Å². The first-order chi connectivity index (χ1) is 16.5. The Labute approximate surface area is 193 Å². The summed E-state index contributed by atoms with van der Waals surface area (Å²) in [5.74, 6) is -1.57. The van der Waals surface area contributed by atoms with Crippen LogP contribution in [0.4, 0.5) is 14.5 Å². The van der Waals surface area contributed by atoms with Crippen molar-refractivity contribution in [2.45, 2.75) is 13.5 Å². The summed E-state index contributed by atoms with van der Waals surface area (Å²) in [4.78, 5) is 38.6. The lowest BCUT2D eigenvalue weighted by molar-refractivity contribution is 0.0949. The molecule has 9 nitrogen and oxygen atoms in total. The summed E-state index contributed by atoms with van der Waals surface area (Å²) in [6.07, 6.45) is 3.03. The molecule has 0 unspecified atom stereocenters. The molecular formula is C23H23F2N7O2. The Morgan fingerprint density at radius 1 is 1.15 bits per heavy atom. The topological polar surface area (TPSA) is 98.6 Å². The van der Waals surface area contributed by atoms with Gasteiger partial charge in [-0.05, 0) is 25.1 Å². The third-order valence-corrected chi connectivity index (χ3v) is 6.06. The number of nitrogens with one attached hydrogen (secondary N) is 2. The molecule has 1 amide bonds. The van der Waals surface area contributed by atoms with Gasteiger partial charge in [-0.25, -0.2) is 19.2 Å². The summed E-state index contributed by atoms with van der Waals surface area (Å²) >= 11 is 0. The first-order valence-electron chi connectivity index (χ1n) is 11.0. The monoisotopic (exact) mass is 467 g/mol. The number of anilines is 1. The zero-order valence-corrected chi connectivity index (χ0v) is 18.5. The van der Waals surface area contributed by atoms with Crippen molar-refractivity contribution in [3.05, 3.63) is 70.2 Å². The van der Waals surface area contributed by atoms with Gasteiger partial charge in [0.15, 0.2) is 5.82 Å². The fourth-order valence-corrected chi connectivity index (χ4v) is 4.31. The number of hydrogen-bond acceptors (Lipinski definition) is 6. The van der Waals surface area contributed by atoms with E-state index in [-0.39, 0.29) is 11.2 Å². The van der Waals surface area contributed by atoms with E-state index in [4.69, 9.17) is 0 Å². The number of benzene rings is 1. The van der Waals surface area contributed by atoms with E-state index in [9.17, 15) is 14.0 Å². The van der Waals surface area contributed by atoms with Gasteiger partial charge in [-0.2, -0.15) is 4.39 Å². The molecule has 0 aliphatic carbocycles. The van der Waals surface area contributed by atoms with E-state index in [1.54, 1.807) is 25.1 Å². The van der Waals surface area contributed by atoms with Crippen LogP contribution >= 0.6 is 0 Å². The third-order valence-electron chi connectivity index (χ3n) is 6.06. The lowest BCUT2D eigenvalue weighted by atomic mass is 10.1. The molecule has 1 aliphatic heterocycles. The number of carbonyl (C=O) groups is 1. The highest BCUT2D eigenvalue weighted by atomic mass is 19.1. The predicted octanol–water partition coefficient (Wildman–Crippen LogP) is 1.92. The normalized spacial score (nSPS) is 14.7. The van der Waals surface area contributed by atoms with E-state index in [0.717, 1.165) is 0 Å². The number of rotatable bonds is 5. The molecule has 1 aromatic carbocycles. The second-order valence-corrected chi connectivity index (χ2v) is 8.14. The summed E-state index contributed by atoms with van der Waals surface area (Å²) < 4.78 is 31.2. The fourth-order valence-electron chi connectivity index (χ4n) is 4.31. The van der Waals surface area contributed by atoms with Gasteiger partial charge in [0.2, 0.25) is 5.95 Å². The summed E-state index contributed by atoms with van der Waals surface area (Å²) in [5.41, 5.74) is 0.946. The molecule has 0 saturated carbocycles. The molecule has 176 valence electrons. The second-order valence-electron chi connectivity index (χ2n) is 8.14. The molecule has 4 aromatic rings. The van der Waals surface area contributed by atoms with Gasteiger partial charge < -0.3 is 15.2 Å². The number of pyridine rings is 1. The summed E-state index contributed by atoms with van der Waals surface area (Å²) in [6, 6.07) is 6.55. The minimum atomic E-state index is -0.688. The van der Waals surface area contributed by atoms with Gasteiger partial charge in [-0.1, -0.05) is 6.07 Å². The minimum absolute atomic E-state index is 0.0409. The van der Waals surface area contributed by atoms with E-state index in [1.165, 1.54) is 22.9 Å². The van der Waals surface area contributed by atoms with Crippen LogP contribution in [0, 0.1) is 11.8 Å². The van der Waals surface area contributed by atoms with Crippen molar-refractivity contribution in [2.75, 3.05) is 37.6 Å². The lowest BCUT2D eigenvalue weighted by Crippen LogP contribution is -2.46. The number of carbonyl (C=O) groups excluding carboxylic acids is 1. The lowest BCUT2D eigenvalue weighted by Gasteiger charge is -2.36. The molecule has 11 heteroatoms. The van der Waals surface area contributed by atoms with E-state index >= 15 is 4.39 Å². The number of piperazine rings is 1. The highest BCUT2D eigenvalue weighted by Crippen LogP contribution is 2.24. The number of H-pyrrole nitrogens is 1. The van der Waals surface area contributed by atoms with E-state index < -0.39 is 23.4 Å². The first-order valence-corrected chi connectivity index (χ1v) is 11.0. The van der Waals surface area contributed by atoms with Crippen LogP contribution in [-0.2, 0) is 6.54 Å². The Bertz CT molecular complexity index is 1440. The smallest absolute Gasteiger partial charge is 0.331 e. The number of hydrogen-bond donors (Lipinski definition) is 2. The molecule has 0 atom stereocenters. The highest BCUT2D eigenvalue weighted by Gasteiger charge is 2.23. The second kappa shape index (κ2) is 8.82. The van der Waals surface area contributed by atoms with Gasteiger partial charge in [-0.15, -0.1) is 0 Å². The Morgan fingerprint density at radius 3 is 2.68 bits per heavy atom. The van der Waals surface area contributed by atoms with Gasteiger partial charge in [0, 0.05) is 62.6 Å². The molecule has 3 aromatic heterocycles. The largest absolute Gasteiger partial charge is 0.365 e. The number of aromatic nitrogens is 4. The third kappa shape index (κ3) is 3.87. The number of aromatic amines is 1. The Hall–Kier alpha value is -3.86. The fraction of sp³-hybridized carbons (Fsp3) is 0.304. The number of amides is 1. The average Bonchev–Trinajstić information content (AvgIpc) is 3.33. The van der Waals surface area contributed by atoms with Gasteiger partial charge >= 0.3 is 5.69 Å². The maximum atomic E-state index is 15.3. The maximum Gasteiger partial charge on any atom is 0.331 e. The van der Waals surface area contributed by atoms with Crippen LogP contribution in [-0.4, -0.2) is 62.9 Å². The number of halogens is 2. The Kier molecular flexibility index (Phi) is 5.70. The van der Waals surface area contributed by atoms with Crippen LogP contribution in [0.3, 0.4) is 0 Å². The van der Waals surface area contributed by atoms with Crippen LogP contribution in [0.1, 0.15) is 23.0 Å². The molecule has 5 rings (SSSR count). The maximum absolute atomic E-state index is 15.3. The summed E-state index contributed by atoms with van der Waals surface area (Å²) in [5, 5.41) is 3.14. The molecule has 1 fully saturated rings. The van der Waals surface area contributed by atoms with Crippen molar-refractivity contribution < 1.29 is 13.6 Å². The zero-order chi connectivity index (χ0) is 23.8. The van der Waals surface area contributed by atoms with Crippen LogP contribution in [0.25, 0.3) is 16.6 Å².